The Balaban J connectivity index is 1.54. The molecule has 0 N–H and O–H groups in total. The van der Waals surface area contributed by atoms with E-state index in [0.29, 0.717) is 5.92 Å². The van der Waals surface area contributed by atoms with Gasteiger partial charge in [-0.25, -0.2) is 9.67 Å². The van der Waals surface area contributed by atoms with E-state index in [1.165, 1.54) is 28.6 Å². The number of likely N-dealkylation sites (N-methyl/N-ethyl adjacent to an activating group) is 1. The van der Waals surface area contributed by atoms with Crippen LogP contribution in [0.5, 0.6) is 0 Å². The molecule has 5 heteroatoms. The van der Waals surface area contributed by atoms with Gasteiger partial charge in [0, 0.05) is 37.1 Å². The number of benzene rings is 1. The summed E-state index contributed by atoms with van der Waals surface area (Å²) >= 11 is 0. The Morgan fingerprint density at radius 1 is 1.15 bits per heavy atom. The van der Waals surface area contributed by atoms with Crippen LogP contribution >= 0.6 is 0 Å². The van der Waals surface area contributed by atoms with E-state index in [9.17, 15) is 0 Å². The van der Waals surface area contributed by atoms with Gasteiger partial charge in [-0.15, -0.1) is 0 Å². The summed E-state index contributed by atoms with van der Waals surface area (Å²) in [6, 6.07) is 12.9. The first-order chi connectivity index (χ1) is 13.1. The Morgan fingerprint density at radius 3 is 2.81 bits per heavy atom. The number of hydrogen-bond donors (Lipinski definition) is 0. The Bertz CT molecular complexity index is 914. The highest BCUT2D eigenvalue weighted by molar-refractivity contribution is 5.78. The number of fused-ring (bicyclic) bond motifs is 1. The molecular formula is C22H29N5. The largest absolute Gasteiger partial charge is 0.308 e. The number of nitrogens with zero attached hydrogens (tertiary/aromatic N) is 5. The highest BCUT2D eigenvalue weighted by Crippen LogP contribution is 2.32. The summed E-state index contributed by atoms with van der Waals surface area (Å²) in [6.45, 7) is 7.28. The normalized spacial score (nSPS) is 18.0. The van der Waals surface area contributed by atoms with Gasteiger partial charge in [0.1, 0.15) is 0 Å². The van der Waals surface area contributed by atoms with Gasteiger partial charge in [0.15, 0.2) is 5.65 Å². The average Bonchev–Trinajstić information content (AvgIpc) is 3.26. The van der Waals surface area contributed by atoms with Gasteiger partial charge in [-0.1, -0.05) is 24.3 Å². The first-order valence-electron chi connectivity index (χ1n) is 9.85. The van der Waals surface area contributed by atoms with Crippen molar-refractivity contribution in [2.75, 3.05) is 33.7 Å². The zero-order valence-electron chi connectivity index (χ0n) is 16.6. The molecule has 1 atom stereocenters. The summed E-state index contributed by atoms with van der Waals surface area (Å²) in [6.07, 6.45) is 3.04. The molecule has 1 aromatic carbocycles. The maximum Gasteiger partial charge on any atom is 0.158 e. The first-order valence-corrected chi connectivity index (χ1v) is 9.85. The lowest BCUT2D eigenvalue weighted by molar-refractivity contribution is 0.325. The SMILES string of the molecule is Cc1ccccc1CN1CCC(c2nn(CCN(C)C)c3ncccc23)C1. The summed E-state index contributed by atoms with van der Waals surface area (Å²) < 4.78 is 2.09. The average molecular weight is 364 g/mol. The molecule has 0 radical (unpaired) electrons. The standard InChI is InChI=1S/C22H29N5/c1-17-7-4-5-8-18(17)15-26-12-10-19(16-26)21-20-9-6-11-23-22(20)27(24-21)14-13-25(2)3/h4-9,11,19H,10,12-16H2,1-3H3. The second kappa shape index (κ2) is 7.79. The van der Waals surface area contributed by atoms with E-state index in [1.807, 2.05) is 12.3 Å². The van der Waals surface area contributed by atoms with Crippen molar-refractivity contribution >= 4 is 11.0 Å². The molecule has 2 aromatic heterocycles. The number of hydrogen-bond acceptors (Lipinski definition) is 4. The third-order valence-electron chi connectivity index (χ3n) is 5.61. The highest BCUT2D eigenvalue weighted by Gasteiger charge is 2.28. The molecular weight excluding hydrogens is 334 g/mol. The number of aryl methyl sites for hydroxylation is 1. The van der Waals surface area contributed by atoms with E-state index in [1.54, 1.807) is 0 Å². The molecule has 27 heavy (non-hydrogen) atoms. The third-order valence-corrected chi connectivity index (χ3v) is 5.61. The molecule has 0 saturated carbocycles. The molecule has 1 fully saturated rings. The van der Waals surface area contributed by atoms with E-state index >= 15 is 0 Å². The Morgan fingerprint density at radius 2 is 2.00 bits per heavy atom. The van der Waals surface area contributed by atoms with Gasteiger partial charge in [-0.3, -0.25) is 4.90 Å². The van der Waals surface area contributed by atoms with Crippen molar-refractivity contribution in [1.82, 2.24) is 24.6 Å². The summed E-state index contributed by atoms with van der Waals surface area (Å²) in [5, 5.41) is 6.22. The van der Waals surface area contributed by atoms with Crippen LogP contribution in [0.3, 0.4) is 0 Å². The lowest BCUT2D eigenvalue weighted by Gasteiger charge is -2.17. The molecule has 0 bridgehead atoms. The van der Waals surface area contributed by atoms with E-state index in [-0.39, 0.29) is 0 Å². The minimum absolute atomic E-state index is 0.487. The topological polar surface area (TPSA) is 37.2 Å². The first kappa shape index (κ1) is 18.1. The van der Waals surface area contributed by atoms with Crippen molar-refractivity contribution in [1.29, 1.82) is 0 Å². The van der Waals surface area contributed by atoms with E-state index in [0.717, 1.165) is 38.4 Å². The fraction of sp³-hybridized carbons (Fsp3) is 0.455. The number of pyridine rings is 1. The minimum atomic E-state index is 0.487. The van der Waals surface area contributed by atoms with Crippen LogP contribution in [-0.2, 0) is 13.1 Å². The fourth-order valence-electron chi connectivity index (χ4n) is 4.01. The number of rotatable bonds is 6. The van der Waals surface area contributed by atoms with Crippen LogP contribution in [0.1, 0.15) is 29.2 Å². The van der Waals surface area contributed by atoms with Crippen molar-refractivity contribution in [2.45, 2.75) is 32.4 Å². The van der Waals surface area contributed by atoms with Crippen LogP contribution in [-0.4, -0.2) is 58.3 Å². The van der Waals surface area contributed by atoms with Gasteiger partial charge in [-0.05, 0) is 57.2 Å². The monoisotopic (exact) mass is 363 g/mol. The van der Waals surface area contributed by atoms with Gasteiger partial charge >= 0.3 is 0 Å². The number of aromatic nitrogens is 3. The Kier molecular flexibility index (Phi) is 5.23. The van der Waals surface area contributed by atoms with E-state index < -0.39 is 0 Å². The van der Waals surface area contributed by atoms with Crippen LogP contribution in [0.15, 0.2) is 42.6 Å². The minimum Gasteiger partial charge on any atom is -0.308 e. The molecule has 1 aliphatic rings. The van der Waals surface area contributed by atoms with Gasteiger partial charge in [0.2, 0.25) is 0 Å². The Hall–Kier alpha value is -2.24. The van der Waals surface area contributed by atoms with E-state index in [2.05, 4.69) is 70.8 Å². The van der Waals surface area contributed by atoms with Crippen molar-refractivity contribution < 1.29 is 0 Å². The van der Waals surface area contributed by atoms with E-state index in [4.69, 9.17) is 5.10 Å². The maximum atomic E-state index is 5.00. The molecule has 142 valence electrons. The molecule has 0 aliphatic carbocycles. The van der Waals surface area contributed by atoms with Crippen LogP contribution < -0.4 is 0 Å². The summed E-state index contributed by atoms with van der Waals surface area (Å²) in [5.74, 6) is 0.487. The summed E-state index contributed by atoms with van der Waals surface area (Å²) in [7, 11) is 4.20. The van der Waals surface area contributed by atoms with Crippen molar-refractivity contribution in [3.05, 3.63) is 59.4 Å². The molecule has 1 saturated heterocycles. The maximum absolute atomic E-state index is 5.00. The van der Waals surface area contributed by atoms with Gasteiger partial charge in [0.05, 0.1) is 12.2 Å². The third kappa shape index (κ3) is 3.89. The Labute approximate surface area is 161 Å². The molecule has 5 nitrogen and oxygen atoms in total. The molecule has 1 unspecified atom stereocenters. The molecule has 0 amide bonds. The predicted octanol–water partition coefficient (Wildman–Crippen LogP) is 3.29. The quantitative estimate of drug-likeness (QED) is 0.673. The smallest absolute Gasteiger partial charge is 0.158 e. The van der Waals surface area contributed by atoms with Gasteiger partial charge in [-0.2, -0.15) is 5.10 Å². The van der Waals surface area contributed by atoms with Crippen molar-refractivity contribution in [2.24, 2.45) is 0 Å². The molecule has 0 spiro atoms. The highest BCUT2D eigenvalue weighted by atomic mass is 15.3. The van der Waals surface area contributed by atoms with Crippen molar-refractivity contribution in [3.63, 3.8) is 0 Å². The molecule has 3 heterocycles. The second-order valence-corrected chi connectivity index (χ2v) is 7.93. The zero-order chi connectivity index (χ0) is 18.8. The van der Waals surface area contributed by atoms with Crippen molar-refractivity contribution in [3.8, 4) is 0 Å². The zero-order valence-corrected chi connectivity index (χ0v) is 16.6. The lowest BCUT2D eigenvalue weighted by atomic mass is 10.0. The summed E-state index contributed by atoms with van der Waals surface area (Å²) in [4.78, 5) is 9.37. The van der Waals surface area contributed by atoms with Crippen LogP contribution in [0.4, 0.5) is 0 Å². The van der Waals surface area contributed by atoms with Gasteiger partial charge in [0.25, 0.3) is 0 Å². The lowest BCUT2D eigenvalue weighted by Crippen LogP contribution is -2.20. The van der Waals surface area contributed by atoms with Gasteiger partial charge < -0.3 is 4.90 Å². The molecule has 4 rings (SSSR count). The number of likely N-dealkylation sites (tertiary alicyclic amines) is 1. The molecule has 3 aromatic rings. The van der Waals surface area contributed by atoms with Crippen LogP contribution in [0, 0.1) is 6.92 Å². The van der Waals surface area contributed by atoms with Crippen LogP contribution in [0.25, 0.3) is 11.0 Å². The summed E-state index contributed by atoms with van der Waals surface area (Å²) in [5.41, 5.74) is 5.06. The fourth-order valence-corrected chi connectivity index (χ4v) is 4.01. The molecule has 1 aliphatic heterocycles. The second-order valence-electron chi connectivity index (χ2n) is 7.93. The predicted molar refractivity (Wildman–Crippen MR) is 110 cm³/mol. The van der Waals surface area contributed by atoms with Crippen LogP contribution in [0.2, 0.25) is 0 Å².